The fourth-order valence-electron chi connectivity index (χ4n) is 2.93. The zero-order valence-corrected chi connectivity index (χ0v) is 16.0. The zero-order valence-electron chi connectivity index (χ0n) is 15.2. The lowest BCUT2D eigenvalue weighted by atomic mass is 9.92. The van der Waals surface area contributed by atoms with Crippen molar-refractivity contribution in [3.05, 3.63) is 45.9 Å². The van der Waals surface area contributed by atoms with E-state index in [1.165, 1.54) is 0 Å². The molecule has 2 rings (SSSR count). The third kappa shape index (κ3) is 4.24. The van der Waals surface area contributed by atoms with E-state index in [1.54, 1.807) is 18.2 Å². The molecule has 1 aliphatic carbocycles. The molecule has 136 valence electrons. The molecule has 0 amide bonds. The van der Waals surface area contributed by atoms with Crippen molar-refractivity contribution in [1.29, 1.82) is 0 Å². The standard InChI is InChI=1S/C20H25ClO4/c1-5-8-12(3)24-19-17(22)14-10-7-11-15(21)16(14)18(23)20(19)25-13(4)9-6-2/h7,10-13H,5-6,8-9H2,1-4H3. The van der Waals surface area contributed by atoms with Gasteiger partial charge in [0, 0.05) is 5.56 Å². The van der Waals surface area contributed by atoms with Gasteiger partial charge < -0.3 is 9.47 Å². The van der Waals surface area contributed by atoms with E-state index in [0.29, 0.717) is 0 Å². The number of Topliss-reactive ketones (excluding diaryl/α,β-unsaturated/α-hetero) is 2. The second-order valence-electron chi connectivity index (χ2n) is 6.41. The van der Waals surface area contributed by atoms with Gasteiger partial charge in [-0.3, -0.25) is 9.59 Å². The van der Waals surface area contributed by atoms with Crippen LogP contribution in [0.3, 0.4) is 0 Å². The summed E-state index contributed by atoms with van der Waals surface area (Å²) >= 11 is 6.18. The highest BCUT2D eigenvalue weighted by Gasteiger charge is 2.38. The van der Waals surface area contributed by atoms with Gasteiger partial charge in [-0.15, -0.1) is 0 Å². The van der Waals surface area contributed by atoms with Crippen LogP contribution < -0.4 is 0 Å². The number of rotatable bonds is 8. The smallest absolute Gasteiger partial charge is 0.233 e. The molecule has 0 spiro atoms. The van der Waals surface area contributed by atoms with E-state index in [0.717, 1.165) is 25.7 Å². The summed E-state index contributed by atoms with van der Waals surface area (Å²) in [5.74, 6) is -0.751. The molecule has 0 aliphatic heterocycles. The molecule has 1 aliphatic rings. The third-order valence-corrected chi connectivity index (χ3v) is 4.45. The third-order valence-electron chi connectivity index (χ3n) is 4.13. The van der Waals surface area contributed by atoms with Gasteiger partial charge >= 0.3 is 0 Å². The molecule has 0 aromatic heterocycles. The van der Waals surface area contributed by atoms with Crippen molar-refractivity contribution in [2.75, 3.05) is 0 Å². The van der Waals surface area contributed by atoms with Crippen molar-refractivity contribution in [2.24, 2.45) is 0 Å². The number of hydrogen-bond acceptors (Lipinski definition) is 4. The van der Waals surface area contributed by atoms with Crippen LogP contribution in [0, 0.1) is 0 Å². The topological polar surface area (TPSA) is 52.6 Å². The van der Waals surface area contributed by atoms with Crippen LogP contribution in [0.15, 0.2) is 29.7 Å². The lowest BCUT2D eigenvalue weighted by Gasteiger charge is -2.26. The lowest BCUT2D eigenvalue weighted by Crippen LogP contribution is -2.29. The van der Waals surface area contributed by atoms with Crippen molar-refractivity contribution in [1.82, 2.24) is 0 Å². The van der Waals surface area contributed by atoms with Crippen LogP contribution in [0.1, 0.15) is 74.1 Å². The molecule has 25 heavy (non-hydrogen) atoms. The summed E-state index contributed by atoms with van der Waals surface area (Å²) in [5, 5.41) is 0.251. The molecule has 2 unspecified atom stereocenters. The molecule has 0 bridgehead atoms. The Morgan fingerprint density at radius 3 is 1.96 bits per heavy atom. The normalized spacial score (nSPS) is 16.5. The summed E-state index contributed by atoms with van der Waals surface area (Å²) in [5.41, 5.74) is 0.468. The van der Waals surface area contributed by atoms with Gasteiger partial charge in [0.05, 0.1) is 22.8 Å². The highest BCUT2D eigenvalue weighted by atomic mass is 35.5. The molecular formula is C20H25ClO4. The summed E-state index contributed by atoms with van der Waals surface area (Å²) in [4.78, 5) is 25.9. The van der Waals surface area contributed by atoms with Gasteiger partial charge in [0.15, 0.2) is 0 Å². The SMILES string of the molecule is CCCC(C)OC1=C(OC(C)CCC)C(=O)c2c(Cl)cccc2C1=O. The number of benzene rings is 1. The molecule has 0 fully saturated rings. The highest BCUT2D eigenvalue weighted by molar-refractivity contribution is 6.38. The van der Waals surface area contributed by atoms with Gasteiger partial charge in [0.1, 0.15) is 0 Å². The largest absolute Gasteiger partial charge is 0.483 e. The average molecular weight is 365 g/mol. The van der Waals surface area contributed by atoms with E-state index >= 15 is 0 Å². The molecule has 0 radical (unpaired) electrons. The Morgan fingerprint density at radius 2 is 1.44 bits per heavy atom. The number of allylic oxidation sites excluding steroid dienone is 2. The van der Waals surface area contributed by atoms with E-state index in [1.807, 2.05) is 27.7 Å². The van der Waals surface area contributed by atoms with Crippen LogP contribution in [-0.2, 0) is 9.47 Å². The molecule has 4 nitrogen and oxygen atoms in total. The monoisotopic (exact) mass is 364 g/mol. The summed E-state index contributed by atoms with van der Waals surface area (Å²) in [7, 11) is 0. The van der Waals surface area contributed by atoms with E-state index in [4.69, 9.17) is 21.1 Å². The Hall–Kier alpha value is -1.81. The Morgan fingerprint density at radius 1 is 0.920 bits per heavy atom. The Kier molecular flexibility index (Phi) is 6.65. The first kappa shape index (κ1) is 19.5. The summed E-state index contributed by atoms with van der Waals surface area (Å²) in [6, 6.07) is 4.86. The van der Waals surface area contributed by atoms with Crippen LogP contribution in [0.4, 0.5) is 0 Å². The van der Waals surface area contributed by atoms with Crippen LogP contribution in [0.2, 0.25) is 5.02 Å². The predicted molar refractivity (Wildman–Crippen MR) is 98.0 cm³/mol. The number of hydrogen-bond donors (Lipinski definition) is 0. The first-order valence-electron chi connectivity index (χ1n) is 8.86. The van der Waals surface area contributed by atoms with Gasteiger partial charge in [-0.05, 0) is 32.8 Å². The molecule has 5 heteroatoms. The first-order valence-corrected chi connectivity index (χ1v) is 9.23. The van der Waals surface area contributed by atoms with Crippen molar-refractivity contribution < 1.29 is 19.1 Å². The minimum atomic E-state index is -0.387. The van der Waals surface area contributed by atoms with Crippen LogP contribution in [0.5, 0.6) is 0 Å². The summed E-state index contributed by atoms with van der Waals surface area (Å²) < 4.78 is 11.7. The fourth-order valence-corrected chi connectivity index (χ4v) is 3.19. The predicted octanol–water partition coefficient (Wildman–Crippen LogP) is 5.34. The first-order chi connectivity index (χ1) is 11.9. The Bertz CT molecular complexity index is 693. The van der Waals surface area contributed by atoms with Gasteiger partial charge in [-0.25, -0.2) is 0 Å². The molecule has 0 saturated heterocycles. The number of fused-ring (bicyclic) bond motifs is 1. The van der Waals surface area contributed by atoms with E-state index in [9.17, 15) is 9.59 Å². The number of carbonyl (C=O) groups excluding carboxylic acids is 2. The summed E-state index contributed by atoms with van der Waals surface area (Å²) in [6.45, 7) is 7.84. The second kappa shape index (κ2) is 8.52. The van der Waals surface area contributed by atoms with E-state index < -0.39 is 0 Å². The number of ketones is 2. The maximum atomic E-state index is 13.0. The minimum absolute atomic E-state index is 0.00340. The molecule has 1 aromatic rings. The van der Waals surface area contributed by atoms with Crippen molar-refractivity contribution >= 4 is 23.2 Å². The van der Waals surface area contributed by atoms with Gasteiger partial charge in [0.2, 0.25) is 23.1 Å². The van der Waals surface area contributed by atoms with Crippen LogP contribution in [0.25, 0.3) is 0 Å². The van der Waals surface area contributed by atoms with Gasteiger partial charge in [-0.2, -0.15) is 0 Å². The number of ether oxygens (including phenoxy) is 2. The van der Waals surface area contributed by atoms with E-state index in [-0.39, 0.29) is 51.4 Å². The van der Waals surface area contributed by atoms with E-state index in [2.05, 4.69) is 0 Å². The van der Waals surface area contributed by atoms with Gasteiger partial charge in [0.25, 0.3) is 0 Å². The Balaban J connectivity index is 2.48. The van der Waals surface area contributed by atoms with Crippen LogP contribution >= 0.6 is 11.6 Å². The minimum Gasteiger partial charge on any atom is -0.483 e. The molecule has 0 N–H and O–H groups in total. The van der Waals surface area contributed by atoms with Gasteiger partial charge in [-0.1, -0.05) is 50.4 Å². The quantitative estimate of drug-likeness (QED) is 0.624. The van der Waals surface area contributed by atoms with Crippen LogP contribution in [-0.4, -0.2) is 23.8 Å². The average Bonchev–Trinajstić information content (AvgIpc) is 2.56. The highest BCUT2D eigenvalue weighted by Crippen LogP contribution is 2.33. The molecular weight excluding hydrogens is 340 g/mol. The Labute approximate surface area is 154 Å². The van der Waals surface area contributed by atoms with Crippen molar-refractivity contribution in [3.8, 4) is 0 Å². The second-order valence-corrected chi connectivity index (χ2v) is 6.82. The zero-order chi connectivity index (χ0) is 18.6. The lowest BCUT2D eigenvalue weighted by molar-refractivity contribution is 0.0507. The molecule has 0 saturated carbocycles. The fraction of sp³-hybridized carbons (Fsp3) is 0.500. The molecule has 2 atom stereocenters. The number of carbonyl (C=O) groups is 2. The van der Waals surface area contributed by atoms with Crippen molar-refractivity contribution in [2.45, 2.75) is 65.6 Å². The number of halogens is 1. The molecule has 1 aromatic carbocycles. The maximum Gasteiger partial charge on any atom is 0.233 e. The molecule has 0 heterocycles. The van der Waals surface area contributed by atoms with Crippen molar-refractivity contribution in [3.63, 3.8) is 0 Å². The summed E-state index contributed by atoms with van der Waals surface area (Å²) in [6.07, 6.45) is 3.01. The maximum absolute atomic E-state index is 13.0.